The first-order chi connectivity index (χ1) is 15.0. The fraction of sp³-hybridized carbons (Fsp3) is 0.692. The smallest absolute Gasteiger partial charge is 0.305 e. The minimum atomic E-state index is -0.922. The lowest BCUT2D eigenvalue weighted by molar-refractivity contribution is -0.136. The van der Waals surface area contributed by atoms with Gasteiger partial charge >= 0.3 is 5.97 Å². The van der Waals surface area contributed by atoms with Crippen molar-refractivity contribution in [1.82, 2.24) is 10.6 Å². The van der Waals surface area contributed by atoms with E-state index in [0.29, 0.717) is 16.9 Å². The SMILES string of the molecule is CCCCCC(NC1(N)CCC(C(C)(C)C)CC1)c1ccc(C(=O)NCCC(=O)O)cc1. The lowest BCUT2D eigenvalue weighted by atomic mass is 9.69. The molecule has 1 aromatic carbocycles. The summed E-state index contributed by atoms with van der Waals surface area (Å²) in [6.07, 6.45) is 8.66. The molecule has 1 amide bonds. The highest BCUT2D eigenvalue weighted by molar-refractivity contribution is 5.94. The third-order valence-electron chi connectivity index (χ3n) is 6.86. The van der Waals surface area contributed by atoms with Crippen LogP contribution in [0.4, 0.5) is 0 Å². The molecule has 2 rings (SSSR count). The van der Waals surface area contributed by atoms with E-state index in [4.69, 9.17) is 10.8 Å². The molecule has 0 radical (unpaired) electrons. The predicted octanol–water partition coefficient (Wildman–Crippen LogP) is 4.99. The highest BCUT2D eigenvalue weighted by Gasteiger charge is 2.37. The molecule has 6 nitrogen and oxygen atoms in total. The maximum absolute atomic E-state index is 12.3. The Kier molecular flexibility index (Phi) is 9.71. The van der Waals surface area contributed by atoms with Gasteiger partial charge in [-0.3, -0.25) is 14.9 Å². The van der Waals surface area contributed by atoms with Crippen LogP contribution in [0.3, 0.4) is 0 Å². The van der Waals surface area contributed by atoms with Crippen molar-refractivity contribution < 1.29 is 14.7 Å². The molecule has 0 heterocycles. The minimum Gasteiger partial charge on any atom is -0.481 e. The molecule has 1 unspecified atom stereocenters. The van der Waals surface area contributed by atoms with E-state index >= 15 is 0 Å². The quantitative estimate of drug-likeness (QED) is 0.284. The third-order valence-corrected chi connectivity index (χ3v) is 6.86. The summed E-state index contributed by atoms with van der Waals surface area (Å²) in [5.41, 5.74) is 8.49. The summed E-state index contributed by atoms with van der Waals surface area (Å²) in [5, 5.41) is 15.2. The molecule has 1 aliphatic rings. The van der Waals surface area contributed by atoms with Gasteiger partial charge in [-0.25, -0.2) is 0 Å². The first-order valence-corrected chi connectivity index (χ1v) is 12.2. The molecular weight excluding hydrogens is 402 g/mol. The van der Waals surface area contributed by atoms with Gasteiger partial charge in [0.05, 0.1) is 12.1 Å². The molecule has 1 atom stereocenters. The second-order valence-corrected chi connectivity index (χ2v) is 10.5. The molecule has 1 aliphatic carbocycles. The lowest BCUT2D eigenvalue weighted by Crippen LogP contribution is -2.57. The van der Waals surface area contributed by atoms with E-state index in [9.17, 15) is 9.59 Å². The van der Waals surface area contributed by atoms with Crippen LogP contribution in [0.5, 0.6) is 0 Å². The van der Waals surface area contributed by atoms with Crippen LogP contribution in [0.1, 0.15) is 107 Å². The van der Waals surface area contributed by atoms with E-state index in [-0.39, 0.29) is 30.6 Å². The fourth-order valence-electron chi connectivity index (χ4n) is 4.66. The van der Waals surface area contributed by atoms with E-state index < -0.39 is 5.97 Å². The molecule has 0 aromatic heterocycles. The van der Waals surface area contributed by atoms with E-state index in [0.717, 1.165) is 44.1 Å². The Morgan fingerprint density at radius 2 is 1.78 bits per heavy atom. The average molecular weight is 446 g/mol. The summed E-state index contributed by atoms with van der Waals surface area (Å²) in [6.45, 7) is 9.30. The number of nitrogens with two attached hydrogens (primary N) is 1. The van der Waals surface area contributed by atoms with E-state index in [2.05, 4.69) is 38.3 Å². The molecule has 1 aromatic rings. The van der Waals surface area contributed by atoms with Crippen molar-refractivity contribution in [2.45, 2.75) is 97.2 Å². The van der Waals surface area contributed by atoms with Crippen LogP contribution in [0.15, 0.2) is 24.3 Å². The Morgan fingerprint density at radius 1 is 1.16 bits per heavy atom. The van der Waals surface area contributed by atoms with Gasteiger partial charge in [0.15, 0.2) is 0 Å². The van der Waals surface area contributed by atoms with Crippen molar-refractivity contribution in [3.63, 3.8) is 0 Å². The number of nitrogens with one attached hydrogen (secondary N) is 2. The standard InChI is InChI=1S/C26H43N3O3/c1-5-6-7-8-22(29-26(27)16-13-21(14-17-26)25(2,3)4)19-9-11-20(12-10-19)24(32)28-18-15-23(30)31/h9-12,21-22,29H,5-8,13-18,27H2,1-4H3,(H,28,32)(H,30,31). The number of hydrogen-bond donors (Lipinski definition) is 4. The Labute approximate surface area is 193 Å². The Morgan fingerprint density at radius 3 is 2.31 bits per heavy atom. The molecule has 1 fully saturated rings. The Balaban J connectivity index is 2.05. The molecule has 0 bridgehead atoms. The highest BCUT2D eigenvalue weighted by atomic mass is 16.4. The molecule has 6 heteroatoms. The second-order valence-electron chi connectivity index (χ2n) is 10.5. The van der Waals surface area contributed by atoms with Crippen molar-refractivity contribution >= 4 is 11.9 Å². The number of rotatable bonds is 11. The van der Waals surface area contributed by atoms with Crippen molar-refractivity contribution in [3.05, 3.63) is 35.4 Å². The zero-order chi connectivity index (χ0) is 23.8. The number of carbonyl (C=O) groups excluding carboxylic acids is 1. The van der Waals surface area contributed by atoms with E-state index in [1.54, 1.807) is 0 Å². The largest absolute Gasteiger partial charge is 0.481 e. The Bertz CT molecular complexity index is 732. The van der Waals surface area contributed by atoms with E-state index in [1.807, 2.05) is 24.3 Å². The van der Waals surface area contributed by atoms with Crippen LogP contribution in [0.2, 0.25) is 0 Å². The highest BCUT2D eigenvalue weighted by Crippen LogP contribution is 2.40. The maximum atomic E-state index is 12.3. The maximum Gasteiger partial charge on any atom is 0.305 e. The van der Waals surface area contributed by atoms with Crippen molar-refractivity contribution in [3.8, 4) is 0 Å². The van der Waals surface area contributed by atoms with Gasteiger partial charge in [-0.15, -0.1) is 0 Å². The molecule has 0 aliphatic heterocycles. The van der Waals surface area contributed by atoms with Gasteiger partial charge in [0.2, 0.25) is 0 Å². The van der Waals surface area contributed by atoms with Crippen molar-refractivity contribution in [1.29, 1.82) is 0 Å². The number of aliphatic carboxylic acids is 1. The lowest BCUT2D eigenvalue weighted by Gasteiger charge is -2.44. The van der Waals surface area contributed by atoms with Crippen LogP contribution >= 0.6 is 0 Å². The Hall–Kier alpha value is -1.92. The predicted molar refractivity (Wildman–Crippen MR) is 129 cm³/mol. The van der Waals surface area contributed by atoms with Crippen molar-refractivity contribution in [2.24, 2.45) is 17.1 Å². The molecule has 32 heavy (non-hydrogen) atoms. The van der Waals surface area contributed by atoms with Crippen molar-refractivity contribution in [2.75, 3.05) is 6.54 Å². The number of carboxylic acid groups (broad SMARTS) is 1. The van der Waals surface area contributed by atoms with Gasteiger partial charge in [0, 0.05) is 18.2 Å². The number of carboxylic acids is 1. The summed E-state index contributed by atoms with van der Waals surface area (Å²) >= 11 is 0. The third kappa shape index (κ3) is 8.21. The number of hydrogen-bond acceptors (Lipinski definition) is 4. The normalized spacial score (nSPS) is 22.3. The van der Waals surface area contributed by atoms with Gasteiger partial charge in [0.1, 0.15) is 0 Å². The van der Waals surface area contributed by atoms with Crippen LogP contribution in [-0.4, -0.2) is 29.2 Å². The zero-order valence-corrected chi connectivity index (χ0v) is 20.4. The van der Waals surface area contributed by atoms with Gasteiger partial charge in [-0.05, 0) is 61.1 Å². The summed E-state index contributed by atoms with van der Waals surface area (Å²) in [7, 11) is 0. The minimum absolute atomic E-state index is 0.0814. The monoisotopic (exact) mass is 445 g/mol. The first kappa shape index (κ1) is 26.3. The first-order valence-electron chi connectivity index (χ1n) is 12.2. The number of benzene rings is 1. The van der Waals surface area contributed by atoms with Crippen LogP contribution in [0, 0.1) is 11.3 Å². The summed E-state index contributed by atoms with van der Waals surface area (Å²) in [6, 6.07) is 7.79. The molecular formula is C26H43N3O3. The molecule has 1 saturated carbocycles. The summed E-state index contributed by atoms with van der Waals surface area (Å²) < 4.78 is 0. The van der Waals surface area contributed by atoms with Gasteiger partial charge in [0.25, 0.3) is 5.91 Å². The van der Waals surface area contributed by atoms with Gasteiger partial charge < -0.3 is 16.2 Å². The molecule has 5 N–H and O–H groups in total. The van der Waals surface area contributed by atoms with Crippen LogP contribution in [-0.2, 0) is 4.79 Å². The van der Waals surface area contributed by atoms with Gasteiger partial charge in [-0.2, -0.15) is 0 Å². The van der Waals surface area contributed by atoms with Crippen LogP contribution in [0.25, 0.3) is 0 Å². The molecule has 180 valence electrons. The number of unbranched alkanes of at least 4 members (excludes halogenated alkanes) is 2. The molecule has 0 saturated heterocycles. The summed E-state index contributed by atoms with van der Waals surface area (Å²) in [4.78, 5) is 22.9. The second kappa shape index (κ2) is 11.8. The molecule has 0 spiro atoms. The summed E-state index contributed by atoms with van der Waals surface area (Å²) in [5.74, 6) is -0.462. The van der Waals surface area contributed by atoms with E-state index in [1.165, 1.54) is 12.8 Å². The fourth-order valence-corrected chi connectivity index (χ4v) is 4.66. The zero-order valence-electron chi connectivity index (χ0n) is 20.4. The topological polar surface area (TPSA) is 104 Å². The van der Waals surface area contributed by atoms with Crippen LogP contribution < -0.4 is 16.4 Å². The number of amides is 1. The average Bonchev–Trinajstić information content (AvgIpc) is 2.72. The number of carbonyl (C=O) groups is 2. The van der Waals surface area contributed by atoms with Gasteiger partial charge in [-0.1, -0.05) is 59.1 Å².